The Kier molecular flexibility index (Phi) is 4.04. The van der Waals surface area contributed by atoms with Crippen molar-refractivity contribution >= 4 is 11.8 Å². The molecule has 0 amide bonds. The van der Waals surface area contributed by atoms with E-state index in [0.717, 1.165) is 16.5 Å². The highest BCUT2D eigenvalue weighted by Crippen LogP contribution is 2.43. The number of thioether (sulfide) groups is 1. The molecule has 1 aromatic heterocycles. The fraction of sp³-hybridized carbons (Fsp3) is 0.167. The number of fused-ring (bicyclic) bond motifs is 1. The summed E-state index contributed by atoms with van der Waals surface area (Å²) in [4.78, 5) is 0. The number of hydrogen-bond acceptors (Lipinski definition) is 6. The second-order valence-electron chi connectivity index (χ2n) is 5.61. The van der Waals surface area contributed by atoms with E-state index in [1.54, 1.807) is 25.2 Å². The van der Waals surface area contributed by atoms with Gasteiger partial charge in [0, 0.05) is 0 Å². The maximum absolute atomic E-state index is 8.95. The molecule has 6 nitrogen and oxygen atoms in total. The second-order valence-corrected chi connectivity index (χ2v) is 6.66. The molecular formula is C18H15N5OS. The highest BCUT2D eigenvalue weighted by molar-refractivity contribution is 7.99. The van der Waals surface area contributed by atoms with Crippen molar-refractivity contribution in [1.82, 2.24) is 14.9 Å². The van der Waals surface area contributed by atoms with Gasteiger partial charge in [0.1, 0.15) is 17.5 Å². The molecular weight excluding hydrogens is 334 g/mol. The van der Waals surface area contributed by atoms with E-state index in [1.807, 2.05) is 41.1 Å². The van der Waals surface area contributed by atoms with Crippen molar-refractivity contribution in [2.45, 2.75) is 17.1 Å². The van der Waals surface area contributed by atoms with Crippen LogP contribution in [0.4, 0.5) is 0 Å². The van der Waals surface area contributed by atoms with Gasteiger partial charge in [-0.25, -0.2) is 4.68 Å². The Morgan fingerprint density at radius 1 is 1.16 bits per heavy atom. The van der Waals surface area contributed by atoms with E-state index < -0.39 is 0 Å². The average Bonchev–Trinajstić information content (AvgIpc) is 3.25. The zero-order valence-corrected chi connectivity index (χ0v) is 14.3. The predicted molar refractivity (Wildman–Crippen MR) is 94.7 cm³/mol. The summed E-state index contributed by atoms with van der Waals surface area (Å²) < 4.78 is 7.23. The van der Waals surface area contributed by atoms with Gasteiger partial charge >= 0.3 is 0 Å². The Bertz CT molecular complexity index is 914. The minimum atomic E-state index is 0.104. The lowest BCUT2D eigenvalue weighted by atomic mass is 10.1. The quantitative estimate of drug-likeness (QED) is 0.721. The number of rotatable bonds is 4. The van der Waals surface area contributed by atoms with Crippen molar-refractivity contribution < 1.29 is 4.74 Å². The van der Waals surface area contributed by atoms with Gasteiger partial charge in [0.2, 0.25) is 5.16 Å². The van der Waals surface area contributed by atoms with E-state index in [-0.39, 0.29) is 5.37 Å². The smallest absolute Gasteiger partial charge is 0.212 e. The van der Waals surface area contributed by atoms with Crippen molar-refractivity contribution in [3.8, 4) is 11.8 Å². The Hall–Kier alpha value is -2.98. The Morgan fingerprint density at radius 3 is 2.60 bits per heavy atom. The van der Waals surface area contributed by atoms with Crippen LogP contribution in [0.1, 0.15) is 22.1 Å². The van der Waals surface area contributed by atoms with Crippen LogP contribution in [-0.4, -0.2) is 22.0 Å². The van der Waals surface area contributed by atoms with Gasteiger partial charge in [-0.2, -0.15) is 5.26 Å². The van der Waals surface area contributed by atoms with E-state index in [2.05, 4.69) is 33.4 Å². The molecule has 124 valence electrons. The average molecular weight is 349 g/mol. The molecule has 0 unspecified atom stereocenters. The van der Waals surface area contributed by atoms with Gasteiger partial charge in [-0.15, -0.1) is 10.2 Å². The fourth-order valence-corrected chi connectivity index (χ4v) is 3.93. The summed E-state index contributed by atoms with van der Waals surface area (Å²) in [5, 5.41) is 20.3. The first-order valence-corrected chi connectivity index (χ1v) is 8.63. The van der Waals surface area contributed by atoms with Crippen molar-refractivity contribution in [2.24, 2.45) is 0 Å². The van der Waals surface area contributed by atoms with Gasteiger partial charge in [0.05, 0.1) is 25.3 Å². The molecule has 0 fully saturated rings. The summed E-state index contributed by atoms with van der Waals surface area (Å²) in [6.07, 6.45) is 1.73. The van der Waals surface area contributed by atoms with Crippen molar-refractivity contribution in [2.75, 3.05) is 12.1 Å². The first-order valence-electron chi connectivity index (χ1n) is 7.75. The van der Waals surface area contributed by atoms with E-state index >= 15 is 0 Å². The van der Waals surface area contributed by atoms with Gasteiger partial charge in [0.25, 0.3) is 0 Å². The van der Waals surface area contributed by atoms with Crippen LogP contribution in [0.2, 0.25) is 0 Å². The minimum absolute atomic E-state index is 0.104. The Morgan fingerprint density at radius 2 is 1.92 bits per heavy atom. The number of ether oxygens (including phenoxy) is 1. The summed E-state index contributed by atoms with van der Waals surface area (Å²) >= 11 is 1.67. The lowest BCUT2D eigenvalue weighted by Crippen LogP contribution is -2.31. The molecule has 0 bridgehead atoms. The van der Waals surface area contributed by atoms with Gasteiger partial charge in [-0.05, 0) is 35.4 Å². The molecule has 0 radical (unpaired) electrons. The topological polar surface area (TPSA) is 67.0 Å². The van der Waals surface area contributed by atoms with Crippen LogP contribution in [0, 0.1) is 11.3 Å². The zero-order valence-electron chi connectivity index (χ0n) is 13.5. The van der Waals surface area contributed by atoms with Crippen molar-refractivity contribution in [1.29, 1.82) is 5.26 Å². The SMILES string of the molecule is COc1ccc([C@H]2Sc3nncn3N2Cc2ccc(C#N)cc2)cc1. The molecule has 0 spiro atoms. The number of nitriles is 1. The van der Waals surface area contributed by atoms with Crippen LogP contribution < -0.4 is 9.75 Å². The third-order valence-electron chi connectivity index (χ3n) is 4.09. The van der Waals surface area contributed by atoms with Gasteiger partial charge < -0.3 is 4.74 Å². The number of benzene rings is 2. The number of nitrogens with zero attached hydrogens (tertiary/aromatic N) is 5. The molecule has 0 N–H and O–H groups in total. The molecule has 25 heavy (non-hydrogen) atoms. The number of methoxy groups -OCH3 is 1. The molecule has 2 heterocycles. The van der Waals surface area contributed by atoms with E-state index in [0.29, 0.717) is 12.1 Å². The predicted octanol–water partition coefficient (Wildman–Crippen LogP) is 3.10. The van der Waals surface area contributed by atoms with Gasteiger partial charge in [0.15, 0.2) is 0 Å². The summed E-state index contributed by atoms with van der Waals surface area (Å²) in [6, 6.07) is 17.9. The van der Waals surface area contributed by atoms with Crippen molar-refractivity contribution in [3.63, 3.8) is 0 Å². The molecule has 7 heteroatoms. The zero-order chi connectivity index (χ0) is 17.2. The molecule has 1 aliphatic heterocycles. The molecule has 1 aliphatic rings. The van der Waals surface area contributed by atoms with Crippen molar-refractivity contribution in [3.05, 3.63) is 71.5 Å². The lowest BCUT2D eigenvalue weighted by Gasteiger charge is -2.27. The second kappa shape index (κ2) is 6.49. The van der Waals surface area contributed by atoms with Crippen LogP contribution in [0.25, 0.3) is 0 Å². The lowest BCUT2D eigenvalue weighted by molar-refractivity contribution is 0.414. The number of aromatic nitrogens is 3. The van der Waals surface area contributed by atoms with Crippen LogP contribution in [0.15, 0.2) is 60.0 Å². The van der Waals surface area contributed by atoms with Crippen LogP contribution >= 0.6 is 11.8 Å². The van der Waals surface area contributed by atoms with E-state index in [9.17, 15) is 0 Å². The highest BCUT2D eigenvalue weighted by Gasteiger charge is 2.32. The van der Waals surface area contributed by atoms with Crippen LogP contribution in [0.3, 0.4) is 0 Å². The first-order chi connectivity index (χ1) is 12.3. The summed E-state index contributed by atoms with van der Waals surface area (Å²) in [5.74, 6) is 0.838. The third-order valence-corrected chi connectivity index (χ3v) is 5.31. The van der Waals surface area contributed by atoms with Crippen LogP contribution in [0.5, 0.6) is 5.75 Å². The fourth-order valence-electron chi connectivity index (χ4n) is 2.79. The Labute approximate surface area is 149 Å². The first kappa shape index (κ1) is 15.5. The summed E-state index contributed by atoms with van der Waals surface area (Å²) in [6.45, 7) is 0.695. The highest BCUT2D eigenvalue weighted by atomic mass is 32.2. The third kappa shape index (κ3) is 2.92. The maximum atomic E-state index is 8.95. The molecule has 1 atom stereocenters. The molecule has 3 aromatic rings. The van der Waals surface area contributed by atoms with E-state index in [1.165, 1.54) is 5.56 Å². The van der Waals surface area contributed by atoms with Crippen LogP contribution in [-0.2, 0) is 6.54 Å². The van der Waals surface area contributed by atoms with E-state index in [4.69, 9.17) is 10.00 Å². The normalized spacial score (nSPS) is 15.7. The molecule has 2 aromatic carbocycles. The summed E-state index contributed by atoms with van der Waals surface area (Å²) in [5.41, 5.74) is 2.96. The standard InChI is InChI=1S/C18H15N5OS/c1-24-16-8-6-15(7-9-16)17-22(23-12-20-21-18(23)25-17)11-14-4-2-13(10-19)3-5-14/h2-9,12,17H,11H2,1H3/t17-/m1/s1. The number of hydrogen-bond donors (Lipinski definition) is 0. The molecule has 0 saturated carbocycles. The van der Waals surface area contributed by atoms with Gasteiger partial charge in [-0.3, -0.25) is 5.01 Å². The molecule has 0 aliphatic carbocycles. The molecule has 0 saturated heterocycles. The van der Waals surface area contributed by atoms with Gasteiger partial charge in [-0.1, -0.05) is 36.0 Å². The summed E-state index contributed by atoms with van der Waals surface area (Å²) in [7, 11) is 1.66. The largest absolute Gasteiger partial charge is 0.497 e. The minimum Gasteiger partial charge on any atom is -0.497 e. The Balaban J connectivity index is 1.64. The monoisotopic (exact) mass is 349 g/mol. The maximum Gasteiger partial charge on any atom is 0.212 e. The molecule has 4 rings (SSSR count).